The number of nitrogen functional groups attached to an aromatic ring is 1. The molecule has 0 aromatic carbocycles. The quantitative estimate of drug-likeness (QED) is 0.0688. The SMILES string of the molecule is CNCCCn1cnc2c1ccc[n+]2CC1=C(C(=O)[O-])N2C(=O)C(NC(=O)/C(=N/OCF)c3nsc(N)n3)C2SC1. The second-order valence-electron chi connectivity index (χ2n) is 8.97. The first-order chi connectivity index (χ1) is 19.8. The Bertz CT molecular complexity index is 1560. The first-order valence-electron chi connectivity index (χ1n) is 12.4. The van der Waals surface area contributed by atoms with Gasteiger partial charge in [0.25, 0.3) is 18.7 Å². The lowest BCUT2D eigenvalue weighted by Gasteiger charge is -2.50. The maximum atomic E-state index is 13.1. The number of carbonyl (C=O) groups excluding carboxylic acids is 3. The van der Waals surface area contributed by atoms with Crippen LogP contribution >= 0.6 is 23.3 Å². The van der Waals surface area contributed by atoms with Crippen LogP contribution in [0.4, 0.5) is 9.52 Å². The van der Waals surface area contributed by atoms with E-state index in [-0.39, 0.29) is 29.0 Å². The molecule has 0 aliphatic carbocycles. The number of rotatable bonds is 12. The van der Waals surface area contributed by atoms with E-state index in [0.29, 0.717) is 11.2 Å². The van der Waals surface area contributed by atoms with Crippen LogP contribution in [0.2, 0.25) is 0 Å². The van der Waals surface area contributed by atoms with Gasteiger partial charge in [-0.1, -0.05) is 5.16 Å². The lowest BCUT2D eigenvalue weighted by molar-refractivity contribution is -0.664. The number of alkyl halides is 1. The number of aromatic nitrogens is 5. The Morgan fingerprint density at radius 3 is 2.95 bits per heavy atom. The fourth-order valence-electron chi connectivity index (χ4n) is 4.63. The third-order valence-corrected chi connectivity index (χ3v) is 8.32. The highest BCUT2D eigenvalue weighted by molar-refractivity contribution is 8.00. The summed E-state index contributed by atoms with van der Waals surface area (Å²) >= 11 is 2.07. The van der Waals surface area contributed by atoms with E-state index in [9.17, 15) is 23.9 Å². The number of amides is 2. The third kappa shape index (κ3) is 5.57. The topological polar surface area (TPSA) is 197 Å². The number of hydrogen-bond donors (Lipinski definition) is 3. The number of nitrogens with one attached hydrogen (secondary N) is 2. The van der Waals surface area contributed by atoms with Crippen LogP contribution < -0.4 is 26.0 Å². The van der Waals surface area contributed by atoms with E-state index in [4.69, 9.17) is 5.73 Å². The number of β-lactam (4-membered cyclic amide) rings is 1. The van der Waals surface area contributed by atoms with Gasteiger partial charge in [-0.3, -0.25) is 14.5 Å². The lowest BCUT2D eigenvalue weighted by atomic mass is 10.0. The van der Waals surface area contributed by atoms with Crippen molar-refractivity contribution in [3.05, 3.63) is 41.8 Å². The molecule has 3 aromatic heterocycles. The molecule has 2 aliphatic heterocycles. The van der Waals surface area contributed by atoms with E-state index >= 15 is 0 Å². The van der Waals surface area contributed by atoms with E-state index in [1.807, 2.05) is 28.3 Å². The molecule has 0 saturated carbocycles. The molecular weight excluding hydrogens is 579 g/mol. The van der Waals surface area contributed by atoms with Gasteiger partial charge in [0.15, 0.2) is 5.13 Å². The molecule has 15 nitrogen and oxygen atoms in total. The van der Waals surface area contributed by atoms with Crippen molar-refractivity contribution in [1.82, 2.24) is 34.4 Å². The van der Waals surface area contributed by atoms with Gasteiger partial charge in [0, 0.05) is 29.4 Å². The Labute approximate surface area is 240 Å². The van der Waals surface area contributed by atoms with Crippen LogP contribution in [-0.4, -0.2) is 84.9 Å². The van der Waals surface area contributed by atoms with Crippen molar-refractivity contribution < 1.29 is 33.3 Å². The molecule has 5 rings (SSSR count). The average Bonchev–Trinajstić information content (AvgIpc) is 3.58. The van der Waals surface area contributed by atoms with Crippen LogP contribution in [0.25, 0.3) is 11.2 Å². The molecule has 2 amide bonds. The van der Waals surface area contributed by atoms with Gasteiger partial charge in [-0.2, -0.15) is 9.36 Å². The zero-order valence-corrected chi connectivity index (χ0v) is 23.3. The maximum Gasteiger partial charge on any atom is 0.349 e. The van der Waals surface area contributed by atoms with E-state index in [2.05, 4.69) is 35.0 Å². The molecule has 41 heavy (non-hydrogen) atoms. The standard InChI is InChI=1S/C23H25FN10O5S2/c1-26-5-3-7-33-11-27-18-13(33)4-2-6-32(18)8-12-9-40-21-15(20(36)34(21)16(12)22(37)38)28-19(35)14(30-39-10-24)17-29-23(25)41-31-17/h2,4,6,11,15,21,26H,3,5,7-10H2,1H3,(H3-,25,28,29,31,35,37,38)/b30-14+. The van der Waals surface area contributed by atoms with Crippen molar-refractivity contribution in [2.45, 2.75) is 30.9 Å². The molecule has 3 aromatic rings. The number of thioether (sulfide) groups is 1. The van der Waals surface area contributed by atoms with Crippen molar-refractivity contribution in [3.63, 3.8) is 0 Å². The van der Waals surface area contributed by atoms with Crippen molar-refractivity contribution in [2.24, 2.45) is 5.16 Å². The molecule has 18 heteroatoms. The summed E-state index contributed by atoms with van der Waals surface area (Å²) in [5, 5.41) is 20.6. The number of aryl methyl sites for hydroxylation is 1. The minimum Gasteiger partial charge on any atom is -0.543 e. The number of hydrogen-bond acceptors (Lipinski definition) is 13. The van der Waals surface area contributed by atoms with Crippen molar-refractivity contribution in [1.29, 1.82) is 0 Å². The van der Waals surface area contributed by atoms with E-state index in [1.54, 1.807) is 12.5 Å². The number of anilines is 1. The summed E-state index contributed by atoms with van der Waals surface area (Å²) < 4.78 is 20.3. The fourth-order valence-corrected chi connectivity index (χ4v) is 6.40. The van der Waals surface area contributed by atoms with E-state index in [0.717, 1.165) is 41.5 Å². The van der Waals surface area contributed by atoms with Gasteiger partial charge in [0.1, 0.15) is 23.5 Å². The second-order valence-corrected chi connectivity index (χ2v) is 10.9. The zero-order valence-electron chi connectivity index (χ0n) is 21.7. The molecule has 1 fully saturated rings. The molecule has 216 valence electrons. The van der Waals surface area contributed by atoms with Crippen LogP contribution in [0.15, 0.2) is 41.1 Å². The molecule has 2 unspecified atom stereocenters. The summed E-state index contributed by atoms with van der Waals surface area (Å²) in [7, 11) is 1.89. The maximum absolute atomic E-state index is 13.1. The van der Waals surface area contributed by atoms with Crippen molar-refractivity contribution in [2.75, 3.05) is 31.9 Å². The van der Waals surface area contributed by atoms with Gasteiger partial charge in [-0.15, -0.1) is 11.8 Å². The summed E-state index contributed by atoms with van der Waals surface area (Å²) in [6.45, 7) is 0.479. The van der Waals surface area contributed by atoms with Crippen LogP contribution in [0.5, 0.6) is 0 Å². The predicted molar refractivity (Wildman–Crippen MR) is 143 cm³/mol. The van der Waals surface area contributed by atoms with Gasteiger partial charge in [0.2, 0.25) is 17.9 Å². The van der Waals surface area contributed by atoms with Gasteiger partial charge < -0.3 is 35.7 Å². The summed E-state index contributed by atoms with van der Waals surface area (Å²) in [5.74, 6) is -3.01. The zero-order chi connectivity index (χ0) is 29.1. The lowest BCUT2D eigenvalue weighted by Crippen LogP contribution is -2.71. The number of aliphatic carboxylic acids is 1. The Kier molecular flexibility index (Phi) is 8.41. The number of imidazole rings is 1. The van der Waals surface area contributed by atoms with E-state index in [1.165, 1.54) is 11.8 Å². The van der Waals surface area contributed by atoms with Crippen LogP contribution in [-0.2, 0) is 32.3 Å². The normalized spacial score (nSPS) is 18.8. The molecule has 4 N–H and O–H groups in total. The third-order valence-electron chi connectivity index (χ3n) is 6.44. The average molecular weight is 605 g/mol. The molecule has 1 saturated heterocycles. The summed E-state index contributed by atoms with van der Waals surface area (Å²) in [5.41, 5.74) is 6.88. The smallest absolute Gasteiger partial charge is 0.349 e. The molecule has 2 atom stereocenters. The van der Waals surface area contributed by atoms with Crippen molar-refractivity contribution >= 4 is 63.1 Å². The first-order valence-corrected chi connectivity index (χ1v) is 14.2. The second kappa shape index (κ2) is 12.1. The Balaban J connectivity index is 1.35. The number of fused-ring (bicyclic) bond motifs is 2. The van der Waals surface area contributed by atoms with Crippen LogP contribution in [0, 0.1) is 0 Å². The number of carbonyl (C=O) groups is 3. The van der Waals surface area contributed by atoms with Gasteiger partial charge in [-0.05, 0) is 37.1 Å². The highest BCUT2D eigenvalue weighted by Crippen LogP contribution is 2.40. The summed E-state index contributed by atoms with van der Waals surface area (Å²) in [6, 6.07) is 2.71. The van der Waals surface area contributed by atoms with Crippen molar-refractivity contribution in [3.8, 4) is 0 Å². The Hall–Kier alpha value is -4.16. The highest BCUT2D eigenvalue weighted by atomic mass is 32.2. The highest BCUT2D eigenvalue weighted by Gasteiger charge is 2.53. The van der Waals surface area contributed by atoms with Gasteiger partial charge >= 0.3 is 5.65 Å². The number of nitrogens with zero attached hydrogens (tertiary/aromatic N) is 7. The van der Waals surface area contributed by atoms with Gasteiger partial charge in [0.05, 0.1) is 17.9 Å². The number of carboxylic acid groups (broad SMARTS) is 1. The molecule has 0 spiro atoms. The van der Waals surface area contributed by atoms with Crippen LogP contribution in [0.1, 0.15) is 12.2 Å². The largest absolute Gasteiger partial charge is 0.543 e. The molecule has 2 aliphatic rings. The summed E-state index contributed by atoms with van der Waals surface area (Å²) in [4.78, 5) is 52.1. The minimum atomic E-state index is -1.51. The van der Waals surface area contributed by atoms with Gasteiger partial charge in [-0.25, -0.2) is 8.96 Å². The first kappa shape index (κ1) is 28.4. The fraction of sp³-hybridized carbons (Fsp3) is 0.391. The molecule has 5 heterocycles. The number of pyridine rings is 1. The number of halogens is 1. The number of oxime groups is 1. The Morgan fingerprint density at radius 2 is 2.24 bits per heavy atom. The number of nitrogens with two attached hydrogens (primary N) is 1. The minimum absolute atomic E-state index is 0.0415. The predicted octanol–water partition coefficient (Wildman–Crippen LogP) is -1.88. The molecule has 0 bridgehead atoms. The Morgan fingerprint density at radius 1 is 1.41 bits per heavy atom. The summed E-state index contributed by atoms with van der Waals surface area (Å²) in [6.07, 6.45) is 4.45. The van der Waals surface area contributed by atoms with Crippen LogP contribution in [0.3, 0.4) is 0 Å². The number of carboxylic acids is 1. The molecular formula is C23H25FN10O5S2. The van der Waals surface area contributed by atoms with E-state index < -0.39 is 41.8 Å². The molecule has 0 radical (unpaired) electrons. The monoisotopic (exact) mass is 604 g/mol.